The highest BCUT2D eigenvalue weighted by Gasteiger charge is 2.14. The van der Waals surface area contributed by atoms with Gasteiger partial charge in [-0.15, -0.1) is 0 Å². The van der Waals surface area contributed by atoms with Crippen LogP contribution in [0, 0.1) is 6.92 Å². The summed E-state index contributed by atoms with van der Waals surface area (Å²) in [5.41, 5.74) is 1.99. The molecule has 3 heteroatoms. The Morgan fingerprint density at radius 2 is 2.17 bits per heavy atom. The lowest BCUT2D eigenvalue weighted by Gasteiger charge is -2.10. The average molecular weight is 247 g/mol. The Morgan fingerprint density at radius 3 is 2.83 bits per heavy atom. The maximum atomic E-state index is 11.9. The molecule has 1 atom stereocenters. The predicted molar refractivity (Wildman–Crippen MR) is 72.0 cm³/mol. The molecule has 2 rings (SSSR count). The lowest BCUT2D eigenvalue weighted by atomic mass is 10.1. The van der Waals surface area contributed by atoms with Crippen LogP contribution in [0.3, 0.4) is 0 Å². The molecule has 18 heavy (non-hydrogen) atoms. The molecule has 0 aliphatic carbocycles. The summed E-state index contributed by atoms with van der Waals surface area (Å²) < 4.78 is 5.51. The minimum atomic E-state index is 0.204. The summed E-state index contributed by atoms with van der Waals surface area (Å²) in [6, 6.07) is 7.76. The van der Waals surface area contributed by atoms with Crippen molar-refractivity contribution in [1.29, 1.82) is 0 Å². The molecular weight excluding hydrogens is 226 g/mol. The first-order valence-electron chi connectivity index (χ1n) is 6.68. The number of benzene rings is 1. The van der Waals surface area contributed by atoms with Crippen molar-refractivity contribution < 1.29 is 9.53 Å². The lowest BCUT2D eigenvalue weighted by Crippen LogP contribution is -2.28. The number of ether oxygens (including phenoxy) is 1. The fourth-order valence-electron chi connectivity index (χ4n) is 2.15. The molecule has 0 amide bonds. The summed E-state index contributed by atoms with van der Waals surface area (Å²) in [6.45, 7) is 4.50. The summed E-state index contributed by atoms with van der Waals surface area (Å²) in [7, 11) is 0. The van der Waals surface area contributed by atoms with Gasteiger partial charge in [-0.05, 0) is 19.8 Å². The van der Waals surface area contributed by atoms with Gasteiger partial charge >= 0.3 is 0 Å². The van der Waals surface area contributed by atoms with Gasteiger partial charge in [0.1, 0.15) is 0 Å². The van der Waals surface area contributed by atoms with E-state index in [4.69, 9.17) is 4.74 Å². The van der Waals surface area contributed by atoms with Crippen molar-refractivity contribution in [1.82, 2.24) is 5.32 Å². The maximum absolute atomic E-state index is 11.9. The second kappa shape index (κ2) is 6.66. The Morgan fingerprint density at radius 1 is 1.39 bits per heavy atom. The van der Waals surface area contributed by atoms with E-state index in [1.54, 1.807) is 0 Å². The molecule has 1 N–H and O–H groups in total. The topological polar surface area (TPSA) is 38.3 Å². The molecule has 1 fully saturated rings. The average Bonchev–Trinajstić information content (AvgIpc) is 2.88. The van der Waals surface area contributed by atoms with Gasteiger partial charge in [-0.25, -0.2) is 0 Å². The number of aryl methyl sites for hydroxylation is 1. The highest BCUT2D eigenvalue weighted by atomic mass is 16.5. The Labute approximate surface area is 109 Å². The number of hydrogen-bond donors (Lipinski definition) is 1. The molecule has 1 saturated heterocycles. The zero-order valence-corrected chi connectivity index (χ0v) is 10.9. The zero-order chi connectivity index (χ0) is 12.8. The number of carbonyl (C=O) groups is 1. The van der Waals surface area contributed by atoms with Crippen molar-refractivity contribution in [2.75, 3.05) is 19.7 Å². The first kappa shape index (κ1) is 13.2. The van der Waals surface area contributed by atoms with Crippen molar-refractivity contribution in [3.63, 3.8) is 0 Å². The third-order valence-electron chi connectivity index (χ3n) is 3.30. The summed E-state index contributed by atoms with van der Waals surface area (Å²) in [5.74, 6) is 0.204. The number of carbonyl (C=O) groups excluding carboxylic acids is 1. The van der Waals surface area contributed by atoms with Gasteiger partial charge in [0.25, 0.3) is 0 Å². The van der Waals surface area contributed by atoms with E-state index in [1.165, 1.54) is 5.56 Å². The van der Waals surface area contributed by atoms with E-state index in [0.29, 0.717) is 12.5 Å². The van der Waals surface area contributed by atoms with Gasteiger partial charge in [-0.1, -0.05) is 29.8 Å². The molecule has 0 aromatic heterocycles. The number of Topliss-reactive ketones (excluding diaryl/α,β-unsaturated/α-hetero) is 1. The fraction of sp³-hybridized carbons (Fsp3) is 0.533. The van der Waals surface area contributed by atoms with Crippen LogP contribution in [0.4, 0.5) is 0 Å². The number of nitrogens with one attached hydrogen (secondary N) is 1. The van der Waals surface area contributed by atoms with Crippen molar-refractivity contribution >= 4 is 5.78 Å². The minimum Gasteiger partial charge on any atom is -0.377 e. The molecule has 1 aromatic rings. The van der Waals surface area contributed by atoms with Crippen LogP contribution in [0.5, 0.6) is 0 Å². The van der Waals surface area contributed by atoms with E-state index in [-0.39, 0.29) is 5.78 Å². The van der Waals surface area contributed by atoms with Gasteiger partial charge in [0.15, 0.2) is 5.78 Å². The monoisotopic (exact) mass is 247 g/mol. The van der Waals surface area contributed by atoms with E-state index < -0.39 is 0 Å². The largest absolute Gasteiger partial charge is 0.377 e. The van der Waals surface area contributed by atoms with Crippen LogP contribution < -0.4 is 5.32 Å². The molecule has 98 valence electrons. The standard InChI is InChI=1S/C15H21NO2/c1-12-4-6-13(7-5-12)15(17)8-9-16-11-14-3-2-10-18-14/h4-7,14,16H,2-3,8-11H2,1H3. The highest BCUT2D eigenvalue weighted by Crippen LogP contribution is 2.10. The molecule has 1 aliphatic heterocycles. The van der Waals surface area contributed by atoms with E-state index in [2.05, 4.69) is 5.32 Å². The fourth-order valence-corrected chi connectivity index (χ4v) is 2.15. The van der Waals surface area contributed by atoms with E-state index in [0.717, 1.165) is 38.1 Å². The van der Waals surface area contributed by atoms with Crippen LogP contribution in [0.1, 0.15) is 35.2 Å². The van der Waals surface area contributed by atoms with Crippen LogP contribution in [0.2, 0.25) is 0 Å². The SMILES string of the molecule is Cc1ccc(C(=O)CCNCC2CCCO2)cc1. The van der Waals surface area contributed by atoms with E-state index >= 15 is 0 Å². The summed E-state index contributed by atoms with van der Waals surface area (Å²) in [4.78, 5) is 11.9. The molecule has 0 saturated carbocycles. The zero-order valence-electron chi connectivity index (χ0n) is 10.9. The van der Waals surface area contributed by atoms with Gasteiger partial charge in [-0.3, -0.25) is 4.79 Å². The molecule has 0 bridgehead atoms. The van der Waals surface area contributed by atoms with Crippen LogP contribution in [-0.4, -0.2) is 31.6 Å². The summed E-state index contributed by atoms with van der Waals surface area (Å²) in [5, 5.41) is 3.29. The second-order valence-corrected chi connectivity index (χ2v) is 4.88. The van der Waals surface area contributed by atoms with E-state index in [9.17, 15) is 4.79 Å². The van der Waals surface area contributed by atoms with Crippen molar-refractivity contribution in [2.24, 2.45) is 0 Å². The summed E-state index contributed by atoms with van der Waals surface area (Å²) >= 11 is 0. The lowest BCUT2D eigenvalue weighted by molar-refractivity contribution is 0.0968. The van der Waals surface area contributed by atoms with Crippen LogP contribution in [0.15, 0.2) is 24.3 Å². The van der Waals surface area contributed by atoms with Crippen molar-refractivity contribution in [3.8, 4) is 0 Å². The quantitative estimate of drug-likeness (QED) is 0.619. The second-order valence-electron chi connectivity index (χ2n) is 4.88. The molecule has 1 unspecified atom stereocenters. The first-order chi connectivity index (χ1) is 8.75. The van der Waals surface area contributed by atoms with Crippen LogP contribution in [0.25, 0.3) is 0 Å². The predicted octanol–water partition coefficient (Wildman–Crippen LogP) is 2.34. The maximum Gasteiger partial charge on any atom is 0.164 e. The number of rotatable bonds is 6. The Balaban J connectivity index is 1.66. The normalized spacial score (nSPS) is 19.1. The molecular formula is C15H21NO2. The Kier molecular flexibility index (Phi) is 4.90. The van der Waals surface area contributed by atoms with Crippen LogP contribution in [-0.2, 0) is 4.74 Å². The van der Waals surface area contributed by atoms with Gasteiger partial charge in [0.2, 0.25) is 0 Å². The smallest absolute Gasteiger partial charge is 0.164 e. The van der Waals surface area contributed by atoms with Gasteiger partial charge in [0, 0.05) is 31.7 Å². The molecule has 0 spiro atoms. The van der Waals surface area contributed by atoms with Crippen molar-refractivity contribution in [3.05, 3.63) is 35.4 Å². The number of ketones is 1. The Bertz CT molecular complexity index is 380. The Hall–Kier alpha value is -1.19. The summed E-state index contributed by atoms with van der Waals surface area (Å²) in [6.07, 6.45) is 3.20. The third-order valence-corrected chi connectivity index (χ3v) is 3.30. The molecule has 1 aliphatic rings. The molecule has 0 radical (unpaired) electrons. The van der Waals surface area contributed by atoms with Gasteiger partial charge < -0.3 is 10.1 Å². The molecule has 1 heterocycles. The van der Waals surface area contributed by atoms with E-state index in [1.807, 2.05) is 31.2 Å². The van der Waals surface area contributed by atoms with Gasteiger partial charge in [0.05, 0.1) is 6.10 Å². The van der Waals surface area contributed by atoms with Crippen LogP contribution >= 0.6 is 0 Å². The minimum absolute atomic E-state index is 0.204. The first-order valence-corrected chi connectivity index (χ1v) is 6.68. The van der Waals surface area contributed by atoms with Gasteiger partial charge in [-0.2, -0.15) is 0 Å². The number of hydrogen-bond acceptors (Lipinski definition) is 3. The molecule has 1 aromatic carbocycles. The molecule has 3 nitrogen and oxygen atoms in total. The highest BCUT2D eigenvalue weighted by molar-refractivity contribution is 5.96. The third kappa shape index (κ3) is 3.93. The van der Waals surface area contributed by atoms with Crippen molar-refractivity contribution in [2.45, 2.75) is 32.3 Å².